The van der Waals surface area contributed by atoms with Crippen molar-refractivity contribution in [3.8, 4) is 11.8 Å². The van der Waals surface area contributed by atoms with Crippen LogP contribution in [-0.4, -0.2) is 58.2 Å². The third-order valence-electron chi connectivity index (χ3n) is 5.22. The molecule has 2 aliphatic rings. The van der Waals surface area contributed by atoms with Crippen LogP contribution < -0.4 is 4.46 Å². The first kappa shape index (κ1) is 21.1. The van der Waals surface area contributed by atoms with Crippen molar-refractivity contribution in [3.05, 3.63) is 42.0 Å². The Balaban J connectivity index is 1.90. The summed E-state index contributed by atoms with van der Waals surface area (Å²) in [5.41, 5.74) is 0.550. The monoisotopic (exact) mass is 450 g/mol. The summed E-state index contributed by atoms with van der Waals surface area (Å²) in [5.74, 6) is 3.93. The Labute approximate surface area is 172 Å². The molecule has 0 saturated carbocycles. The maximum absolute atomic E-state index is 11.5. The molecule has 0 aromatic heterocycles. The average Bonchev–Trinajstić information content (AvgIpc) is 2.87. The summed E-state index contributed by atoms with van der Waals surface area (Å²) in [7, 11) is 1.68. The van der Waals surface area contributed by atoms with E-state index in [1.807, 2.05) is 25.1 Å². The van der Waals surface area contributed by atoms with Crippen LogP contribution in [0.2, 0.25) is 4.82 Å². The quantitative estimate of drug-likeness (QED) is 0.236. The number of benzene rings is 1. The zero-order valence-corrected chi connectivity index (χ0v) is 18.1. The van der Waals surface area contributed by atoms with Crippen LogP contribution in [0.15, 0.2) is 42.0 Å². The Morgan fingerprint density at radius 3 is 2.86 bits per heavy atom. The number of ether oxygens (including phenoxy) is 3. The molecule has 28 heavy (non-hydrogen) atoms. The van der Waals surface area contributed by atoms with Crippen molar-refractivity contribution in [2.45, 2.75) is 43.4 Å². The molecule has 3 rings (SSSR count). The minimum absolute atomic E-state index is 0.00277. The molecule has 4 atom stereocenters. The average molecular weight is 449 g/mol. The Morgan fingerprint density at radius 1 is 1.43 bits per heavy atom. The van der Waals surface area contributed by atoms with Crippen molar-refractivity contribution < 1.29 is 24.1 Å². The zero-order chi connectivity index (χ0) is 20.2. The molecule has 1 fully saturated rings. The van der Waals surface area contributed by atoms with Crippen molar-refractivity contribution in [3.63, 3.8) is 0 Å². The maximum atomic E-state index is 11.5. The van der Waals surface area contributed by atoms with E-state index in [0.29, 0.717) is 13.0 Å². The fourth-order valence-electron chi connectivity index (χ4n) is 3.98. The van der Waals surface area contributed by atoms with Gasteiger partial charge in [0.05, 0.1) is 0 Å². The summed E-state index contributed by atoms with van der Waals surface area (Å²) >= 11 is 0.0283. The van der Waals surface area contributed by atoms with Crippen LogP contribution in [0, 0.1) is 17.3 Å². The molecule has 1 N–H and O–H groups in total. The molecule has 150 valence electrons. The second-order valence-electron chi connectivity index (χ2n) is 7.14. The van der Waals surface area contributed by atoms with Crippen LogP contribution in [0.3, 0.4) is 0 Å². The van der Waals surface area contributed by atoms with Gasteiger partial charge in [-0.25, -0.2) is 0 Å². The summed E-state index contributed by atoms with van der Waals surface area (Å²) in [6.07, 6.45) is 2.24. The van der Waals surface area contributed by atoms with Gasteiger partial charge in [0.15, 0.2) is 0 Å². The van der Waals surface area contributed by atoms with E-state index in [1.165, 1.54) is 4.46 Å². The van der Waals surface area contributed by atoms with Gasteiger partial charge in [-0.15, -0.1) is 0 Å². The van der Waals surface area contributed by atoms with Crippen LogP contribution in [0.25, 0.3) is 0 Å². The van der Waals surface area contributed by atoms with Gasteiger partial charge < -0.3 is 0 Å². The Kier molecular flexibility index (Phi) is 6.65. The van der Waals surface area contributed by atoms with Crippen LogP contribution >= 0.6 is 0 Å². The van der Waals surface area contributed by atoms with E-state index in [-0.39, 0.29) is 32.8 Å². The molecule has 2 bridgehead atoms. The standard InChI is InChI=1S/C22H26O5Se/c1-4-26-19(24)12-8-11-18(23)21-13-16(2)14-22(25-3,27-15-21)20(21)28-17-9-6-5-7-10-17/h5-7,9-10,13,18,20,23H,4,11,14-15H2,1-3H3/t18-,20+,21+,22+/m1/s1. The number of carbonyl (C=O) groups is 1. The fraction of sp³-hybridized carbons (Fsp3) is 0.500. The predicted octanol–water partition coefficient (Wildman–Crippen LogP) is 1.83. The predicted molar refractivity (Wildman–Crippen MR) is 107 cm³/mol. The molecular weight excluding hydrogens is 423 g/mol. The SMILES string of the molecule is CCOC(=O)C#CC[C@@H](O)[C@]12C=C(C)C[C@](OC)(OC1)[C@H]2[Se]c1ccccc1. The molecule has 6 heteroatoms. The molecule has 0 radical (unpaired) electrons. The summed E-state index contributed by atoms with van der Waals surface area (Å²) < 4.78 is 18.2. The van der Waals surface area contributed by atoms with E-state index >= 15 is 0 Å². The van der Waals surface area contributed by atoms with Crippen LogP contribution in [-0.2, 0) is 19.0 Å². The molecule has 1 heterocycles. The number of carbonyl (C=O) groups excluding carboxylic acids is 1. The summed E-state index contributed by atoms with van der Waals surface area (Å²) in [6.45, 7) is 4.44. The van der Waals surface area contributed by atoms with E-state index in [0.717, 1.165) is 5.57 Å². The number of hydrogen-bond donors (Lipinski definition) is 1. The second kappa shape index (κ2) is 8.82. The third kappa shape index (κ3) is 4.05. The molecule has 0 amide bonds. The number of rotatable bonds is 6. The fourth-order valence-corrected chi connectivity index (χ4v) is 7.19. The number of fused-ring (bicyclic) bond motifs is 2. The van der Waals surface area contributed by atoms with Gasteiger partial charge in [0.2, 0.25) is 0 Å². The number of esters is 1. The van der Waals surface area contributed by atoms with Crippen LogP contribution in [0.4, 0.5) is 0 Å². The van der Waals surface area contributed by atoms with Crippen molar-refractivity contribution in [1.82, 2.24) is 0 Å². The van der Waals surface area contributed by atoms with Crippen molar-refractivity contribution in [1.29, 1.82) is 0 Å². The molecule has 5 nitrogen and oxygen atoms in total. The van der Waals surface area contributed by atoms with Crippen molar-refractivity contribution in [2.75, 3.05) is 20.3 Å². The number of methoxy groups -OCH3 is 1. The molecular formula is C22H26O5Se. The van der Waals surface area contributed by atoms with Gasteiger partial charge >= 0.3 is 172 Å². The summed E-state index contributed by atoms with van der Waals surface area (Å²) in [5, 5.41) is 11.1. The minimum atomic E-state index is -0.766. The normalized spacial score (nSPS) is 29.4. The zero-order valence-electron chi connectivity index (χ0n) is 16.4. The van der Waals surface area contributed by atoms with Crippen LogP contribution in [0.5, 0.6) is 0 Å². The molecule has 1 aromatic rings. The number of aliphatic hydroxyl groups is 1. The summed E-state index contributed by atoms with van der Waals surface area (Å²) in [4.78, 5) is 11.5. The van der Waals surface area contributed by atoms with E-state index in [9.17, 15) is 9.90 Å². The summed E-state index contributed by atoms with van der Waals surface area (Å²) in [6, 6.07) is 10.3. The van der Waals surface area contributed by atoms with Gasteiger partial charge in [-0.3, -0.25) is 0 Å². The molecule has 1 saturated heterocycles. The first-order valence-electron chi connectivity index (χ1n) is 9.38. The van der Waals surface area contributed by atoms with Crippen LogP contribution in [0.1, 0.15) is 26.7 Å². The number of hydrogen-bond acceptors (Lipinski definition) is 5. The molecule has 0 unspecified atom stereocenters. The topological polar surface area (TPSA) is 65.0 Å². The Morgan fingerprint density at radius 2 is 2.18 bits per heavy atom. The van der Waals surface area contributed by atoms with Crippen molar-refractivity contribution >= 4 is 25.4 Å². The molecule has 1 aromatic carbocycles. The first-order valence-corrected chi connectivity index (χ1v) is 11.2. The molecule has 1 aliphatic heterocycles. The van der Waals surface area contributed by atoms with Crippen molar-refractivity contribution in [2.24, 2.45) is 5.41 Å². The molecule has 0 spiro atoms. The van der Waals surface area contributed by atoms with E-state index in [2.05, 4.69) is 30.0 Å². The second-order valence-corrected chi connectivity index (χ2v) is 9.61. The van der Waals surface area contributed by atoms with Gasteiger partial charge in [-0.1, -0.05) is 0 Å². The van der Waals surface area contributed by atoms with E-state index < -0.39 is 23.3 Å². The Hall–Kier alpha value is -1.61. The van der Waals surface area contributed by atoms with E-state index in [4.69, 9.17) is 14.2 Å². The van der Waals surface area contributed by atoms with Gasteiger partial charge in [-0.05, 0) is 0 Å². The Bertz CT molecular complexity index is 796. The van der Waals surface area contributed by atoms with Gasteiger partial charge in [0, 0.05) is 0 Å². The van der Waals surface area contributed by atoms with Gasteiger partial charge in [0.25, 0.3) is 0 Å². The van der Waals surface area contributed by atoms with E-state index in [1.54, 1.807) is 14.0 Å². The molecule has 1 aliphatic carbocycles. The van der Waals surface area contributed by atoms with Gasteiger partial charge in [-0.2, -0.15) is 0 Å². The number of aliphatic hydroxyl groups excluding tert-OH is 1. The van der Waals surface area contributed by atoms with Gasteiger partial charge in [0.1, 0.15) is 0 Å². The third-order valence-corrected chi connectivity index (χ3v) is 8.53. The first-order chi connectivity index (χ1) is 13.5.